The lowest BCUT2D eigenvalue weighted by atomic mass is 10.3. The van der Waals surface area contributed by atoms with Crippen LogP contribution in [-0.2, 0) is 4.79 Å². The largest absolute Gasteiger partial charge is 0.375 e. The number of hydrogen-bond donors (Lipinski definition) is 2. The van der Waals surface area contributed by atoms with Crippen molar-refractivity contribution in [3.8, 4) is 0 Å². The molecular weight excluding hydrogens is 258 g/mol. The van der Waals surface area contributed by atoms with Gasteiger partial charge in [0, 0.05) is 11.1 Å². The standard InChI is InChI=1S/C12H10F2N2OS/c13-9-2-1-3-10(14)12(9)16-11(17)6-15-8-4-5-18-7-8/h1-5,7,15H,6H2,(H,16,17). The van der Waals surface area contributed by atoms with Gasteiger partial charge in [0.25, 0.3) is 0 Å². The van der Waals surface area contributed by atoms with E-state index in [-0.39, 0.29) is 6.54 Å². The molecule has 94 valence electrons. The van der Waals surface area contributed by atoms with Crippen LogP contribution in [0.2, 0.25) is 0 Å². The topological polar surface area (TPSA) is 41.1 Å². The van der Waals surface area contributed by atoms with Crippen LogP contribution < -0.4 is 10.6 Å². The van der Waals surface area contributed by atoms with Gasteiger partial charge in [-0.25, -0.2) is 8.78 Å². The Labute approximate surface area is 106 Å². The summed E-state index contributed by atoms with van der Waals surface area (Å²) in [5.41, 5.74) is 0.374. The van der Waals surface area contributed by atoms with Crippen molar-refractivity contribution in [1.82, 2.24) is 0 Å². The SMILES string of the molecule is O=C(CNc1ccsc1)Nc1c(F)cccc1F. The number of para-hydroxylation sites is 1. The summed E-state index contributed by atoms with van der Waals surface area (Å²) in [6.45, 7) is -0.0511. The van der Waals surface area contributed by atoms with E-state index in [0.29, 0.717) is 0 Å². The van der Waals surface area contributed by atoms with Gasteiger partial charge in [0.15, 0.2) is 0 Å². The van der Waals surface area contributed by atoms with Crippen LogP contribution in [0.25, 0.3) is 0 Å². The predicted octanol–water partition coefficient (Wildman–Crippen LogP) is 3.08. The first-order valence-electron chi connectivity index (χ1n) is 5.17. The normalized spacial score (nSPS) is 10.1. The molecule has 6 heteroatoms. The van der Waals surface area contributed by atoms with Crippen LogP contribution in [0.1, 0.15) is 0 Å². The van der Waals surface area contributed by atoms with Gasteiger partial charge in [-0.3, -0.25) is 4.79 Å². The zero-order chi connectivity index (χ0) is 13.0. The number of carbonyl (C=O) groups excluding carboxylic acids is 1. The first-order valence-corrected chi connectivity index (χ1v) is 6.11. The Morgan fingerprint density at radius 2 is 1.94 bits per heavy atom. The molecule has 0 aliphatic carbocycles. The fraction of sp³-hybridized carbons (Fsp3) is 0.0833. The van der Waals surface area contributed by atoms with Crippen molar-refractivity contribution >= 4 is 28.6 Å². The van der Waals surface area contributed by atoms with E-state index in [1.54, 1.807) is 0 Å². The van der Waals surface area contributed by atoms with E-state index in [1.807, 2.05) is 16.8 Å². The highest BCUT2D eigenvalue weighted by atomic mass is 32.1. The summed E-state index contributed by atoms with van der Waals surface area (Å²) < 4.78 is 26.5. The van der Waals surface area contributed by atoms with Gasteiger partial charge >= 0.3 is 0 Å². The smallest absolute Gasteiger partial charge is 0.243 e. The maximum Gasteiger partial charge on any atom is 0.243 e. The highest BCUT2D eigenvalue weighted by molar-refractivity contribution is 7.08. The predicted molar refractivity (Wildman–Crippen MR) is 67.8 cm³/mol. The fourth-order valence-electron chi connectivity index (χ4n) is 1.35. The third-order valence-electron chi connectivity index (χ3n) is 2.20. The third-order valence-corrected chi connectivity index (χ3v) is 2.88. The minimum Gasteiger partial charge on any atom is -0.375 e. The fourth-order valence-corrected chi connectivity index (χ4v) is 1.96. The van der Waals surface area contributed by atoms with Gasteiger partial charge in [0.1, 0.15) is 17.3 Å². The Morgan fingerprint density at radius 1 is 1.22 bits per heavy atom. The van der Waals surface area contributed by atoms with Gasteiger partial charge in [-0.15, -0.1) is 0 Å². The maximum absolute atomic E-state index is 13.3. The number of rotatable bonds is 4. The van der Waals surface area contributed by atoms with Gasteiger partial charge in [-0.05, 0) is 23.6 Å². The number of amides is 1. The second kappa shape index (κ2) is 5.59. The minimum absolute atomic E-state index is 0.0511. The molecule has 0 radical (unpaired) electrons. The second-order valence-corrected chi connectivity index (χ2v) is 4.29. The lowest BCUT2D eigenvalue weighted by molar-refractivity contribution is -0.114. The van der Waals surface area contributed by atoms with Crippen LogP contribution in [0.4, 0.5) is 20.2 Å². The number of benzene rings is 1. The van der Waals surface area contributed by atoms with Crippen molar-refractivity contribution in [2.24, 2.45) is 0 Å². The average Bonchev–Trinajstić information content (AvgIpc) is 2.84. The molecule has 3 nitrogen and oxygen atoms in total. The van der Waals surface area contributed by atoms with Crippen molar-refractivity contribution in [1.29, 1.82) is 0 Å². The Bertz CT molecular complexity index is 523. The quantitative estimate of drug-likeness (QED) is 0.894. The zero-order valence-corrected chi connectivity index (χ0v) is 10.1. The molecule has 18 heavy (non-hydrogen) atoms. The molecule has 0 atom stereocenters. The van der Waals surface area contributed by atoms with Crippen molar-refractivity contribution in [3.05, 3.63) is 46.7 Å². The Morgan fingerprint density at radius 3 is 2.56 bits per heavy atom. The summed E-state index contributed by atoms with van der Waals surface area (Å²) in [5.74, 6) is -2.09. The first-order chi connectivity index (χ1) is 8.66. The summed E-state index contributed by atoms with van der Waals surface area (Å²) in [7, 11) is 0. The summed E-state index contributed by atoms with van der Waals surface area (Å²) in [6.07, 6.45) is 0. The second-order valence-electron chi connectivity index (χ2n) is 3.51. The van der Waals surface area contributed by atoms with Gasteiger partial charge in [-0.1, -0.05) is 6.07 Å². The van der Waals surface area contributed by atoms with Crippen LogP contribution >= 0.6 is 11.3 Å². The molecule has 0 bridgehead atoms. The molecule has 0 fully saturated rings. The number of hydrogen-bond acceptors (Lipinski definition) is 3. The molecule has 2 aromatic rings. The third kappa shape index (κ3) is 3.04. The molecule has 1 aromatic heterocycles. The summed E-state index contributed by atoms with van der Waals surface area (Å²) in [4.78, 5) is 11.5. The minimum atomic E-state index is -0.793. The summed E-state index contributed by atoms with van der Waals surface area (Å²) >= 11 is 1.49. The molecule has 2 N–H and O–H groups in total. The molecule has 1 amide bonds. The molecule has 0 aliphatic rings. The van der Waals surface area contributed by atoms with E-state index in [1.165, 1.54) is 17.4 Å². The van der Waals surface area contributed by atoms with Crippen LogP contribution in [-0.4, -0.2) is 12.5 Å². The maximum atomic E-state index is 13.3. The zero-order valence-electron chi connectivity index (χ0n) is 9.24. The van der Waals surface area contributed by atoms with E-state index in [2.05, 4.69) is 10.6 Å². The van der Waals surface area contributed by atoms with E-state index in [4.69, 9.17) is 0 Å². The molecule has 0 spiro atoms. The molecule has 0 aliphatic heterocycles. The number of thiophene rings is 1. The Kier molecular flexibility index (Phi) is 3.88. The van der Waals surface area contributed by atoms with Gasteiger partial charge < -0.3 is 10.6 Å². The highest BCUT2D eigenvalue weighted by Gasteiger charge is 2.11. The molecule has 0 unspecified atom stereocenters. The van der Waals surface area contributed by atoms with Crippen molar-refractivity contribution < 1.29 is 13.6 Å². The Hall–Kier alpha value is -1.95. The van der Waals surface area contributed by atoms with Crippen molar-refractivity contribution in [2.75, 3.05) is 17.2 Å². The van der Waals surface area contributed by atoms with Crippen LogP contribution in [0.5, 0.6) is 0 Å². The van der Waals surface area contributed by atoms with E-state index in [0.717, 1.165) is 17.8 Å². The number of halogens is 2. The molecule has 2 rings (SSSR count). The van der Waals surface area contributed by atoms with Crippen LogP contribution in [0.15, 0.2) is 35.0 Å². The summed E-state index contributed by atoms with van der Waals surface area (Å²) in [5, 5.41) is 8.72. The molecular formula is C12H10F2N2OS. The summed E-state index contributed by atoms with van der Waals surface area (Å²) in [6, 6.07) is 5.22. The van der Waals surface area contributed by atoms with Gasteiger partial charge in [0.2, 0.25) is 5.91 Å². The average molecular weight is 268 g/mol. The van der Waals surface area contributed by atoms with Crippen molar-refractivity contribution in [2.45, 2.75) is 0 Å². The van der Waals surface area contributed by atoms with E-state index < -0.39 is 23.2 Å². The van der Waals surface area contributed by atoms with Crippen LogP contribution in [0.3, 0.4) is 0 Å². The Balaban J connectivity index is 1.95. The van der Waals surface area contributed by atoms with Crippen LogP contribution in [0, 0.1) is 11.6 Å². The number of anilines is 2. The van der Waals surface area contributed by atoms with E-state index >= 15 is 0 Å². The van der Waals surface area contributed by atoms with Gasteiger partial charge in [-0.2, -0.15) is 11.3 Å². The number of carbonyl (C=O) groups is 1. The van der Waals surface area contributed by atoms with Crippen molar-refractivity contribution in [3.63, 3.8) is 0 Å². The highest BCUT2D eigenvalue weighted by Crippen LogP contribution is 2.18. The molecule has 0 saturated heterocycles. The van der Waals surface area contributed by atoms with E-state index in [9.17, 15) is 13.6 Å². The molecule has 1 heterocycles. The monoisotopic (exact) mass is 268 g/mol. The first kappa shape index (κ1) is 12.5. The molecule has 0 saturated carbocycles. The number of nitrogens with one attached hydrogen (secondary N) is 2. The molecule has 1 aromatic carbocycles. The lowest BCUT2D eigenvalue weighted by Crippen LogP contribution is -2.22. The lowest BCUT2D eigenvalue weighted by Gasteiger charge is -2.08. The van der Waals surface area contributed by atoms with Gasteiger partial charge in [0.05, 0.1) is 6.54 Å².